The van der Waals surface area contributed by atoms with Crippen molar-refractivity contribution >= 4 is 18.3 Å². The van der Waals surface area contributed by atoms with E-state index in [4.69, 9.17) is 0 Å². The standard InChI is InChI=1S/C10H15N3O.ClH/c1-4-9(12-10(14)8(2)3)13-6-5-11-7-13;/h5-7,9H,2,4H2,1,3H3,(H,12,14);1H. The molecule has 1 heterocycles. The number of imidazole rings is 1. The fraction of sp³-hybridized carbons (Fsp3) is 0.400. The number of aromatic nitrogens is 2. The fourth-order valence-electron chi connectivity index (χ4n) is 1.12. The van der Waals surface area contributed by atoms with E-state index in [1.165, 1.54) is 0 Å². The summed E-state index contributed by atoms with van der Waals surface area (Å²) >= 11 is 0. The van der Waals surface area contributed by atoms with Crippen LogP contribution in [0, 0.1) is 0 Å². The monoisotopic (exact) mass is 229 g/mol. The Morgan fingerprint density at radius 3 is 2.73 bits per heavy atom. The van der Waals surface area contributed by atoms with E-state index in [0.29, 0.717) is 5.57 Å². The normalized spacial score (nSPS) is 11.3. The third-order valence-corrected chi connectivity index (χ3v) is 1.96. The average Bonchev–Trinajstić information content (AvgIpc) is 2.66. The van der Waals surface area contributed by atoms with Crippen molar-refractivity contribution in [1.82, 2.24) is 14.9 Å². The minimum atomic E-state index is -0.120. The van der Waals surface area contributed by atoms with Gasteiger partial charge in [-0.05, 0) is 13.3 Å². The maximum Gasteiger partial charge on any atom is 0.247 e. The summed E-state index contributed by atoms with van der Waals surface area (Å²) in [5, 5.41) is 2.85. The number of halogens is 1. The van der Waals surface area contributed by atoms with Gasteiger partial charge in [-0.3, -0.25) is 4.79 Å². The van der Waals surface area contributed by atoms with Crippen LogP contribution in [0.2, 0.25) is 0 Å². The molecule has 15 heavy (non-hydrogen) atoms. The molecule has 0 spiro atoms. The Bertz CT molecular complexity index is 321. The first-order valence-corrected chi connectivity index (χ1v) is 4.59. The van der Waals surface area contributed by atoms with Crippen molar-refractivity contribution in [2.75, 3.05) is 0 Å². The van der Waals surface area contributed by atoms with Crippen molar-refractivity contribution < 1.29 is 4.79 Å². The van der Waals surface area contributed by atoms with Gasteiger partial charge in [-0.15, -0.1) is 12.4 Å². The molecule has 0 radical (unpaired) electrons. The highest BCUT2D eigenvalue weighted by atomic mass is 35.5. The van der Waals surface area contributed by atoms with Gasteiger partial charge in [-0.2, -0.15) is 0 Å². The van der Waals surface area contributed by atoms with Crippen LogP contribution < -0.4 is 5.32 Å². The molecule has 0 bridgehead atoms. The lowest BCUT2D eigenvalue weighted by molar-refractivity contribution is -0.118. The van der Waals surface area contributed by atoms with E-state index in [0.717, 1.165) is 6.42 Å². The van der Waals surface area contributed by atoms with E-state index in [1.54, 1.807) is 19.4 Å². The Labute approximate surface area is 95.8 Å². The molecule has 0 aliphatic heterocycles. The molecule has 4 nitrogen and oxygen atoms in total. The molecule has 1 unspecified atom stereocenters. The van der Waals surface area contributed by atoms with Gasteiger partial charge in [-0.25, -0.2) is 4.98 Å². The highest BCUT2D eigenvalue weighted by Crippen LogP contribution is 2.06. The van der Waals surface area contributed by atoms with Gasteiger partial charge in [0.15, 0.2) is 0 Å². The first kappa shape index (κ1) is 13.7. The summed E-state index contributed by atoms with van der Waals surface area (Å²) in [6, 6.07) is 0. The quantitative estimate of drug-likeness (QED) is 0.802. The van der Waals surface area contributed by atoms with Gasteiger partial charge < -0.3 is 9.88 Å². The molecule has 0 aromatic carbocycles. The molecular weight excluding hydrogens is 214 g/mol. The number of carbonyl (C=O) groups excluding carboxylic acids is 1. The highest BCUT2D eigenvalue weighted by Gasteiger charge is 2.11. The van der Waals surface area contributed by atoms with Gasteiger partial charge in [0.1, 0.15) is 6.17 Å². The number of rotatable bonds is 4. The van der Waals surface area contributed by atoms with E-state index < -0.39 is 0 Å². The lowest BCUT2D eigenvalue weighted by Gasteiger charge is -2.18. The van der Waals surface area contributed by atoms with E-state index in [2.05, 4.69) is 16.9 Å². The van der Waals surface area contributed by atoms with Crippen LogP contribution in [-0.4, -0.2) is 15.5 Å². The van der Waals surface area contributed by atoms with Crippen molar-refractivity contribution in [2.45, 2.75) is 26.4 Å². The van der Waals surface area contributed by atoms with Gasteiger partial charge in [-0.1, -0.05) is 13.5 Å². The van der Waals surface area contributed by atoms with Gasteiger partial charge in [0.2, 0.25) is 5.91 Å². The van der Waals surface area contributed by atoms with Gasteiger partial charge in [0.05, 0.1) is 6.33 Å². The predicted octanol–water partition coefficient (Wildman–Crippen LogP) is 1.91. The second-order valence-electron chi connectivity index (χ2n) is 3.19. The summed E-state index contributed by atoms with van der Waals surface area (Å²) in [5.41, 5.74) is 0.517. The summed E-state index contributed by atoms with van der Waals surface area (Å²) in [7, 11) is 0. The number of nitrogens with zero attached hydrogens (tertiary/aromatic N) is 2. The van der Waals surface area contributed by atoms with Crippen molar-refractivity contribution in [3.63, 3.8) is 0 Å². The Morgan fingerprint density at radius 2 is 2.33 bits per heavy atom. The molecule has 0 saturated heterocycles. The Morgan fingerprint density at radius 1 is 1.67 bits per heavy atom. The molecule has 1 rings (SSSR count). The molecular formula is C10H16ClN3O. The zero-order valence-corrected chi connectivity index (χ0v) is 9.75. The average molecular weight is 230 g/mol. The van der Waals surface area contributed by atoms with Gasteiger partial charge in [0, 0.05) is 18.0 Å². The predicted molar refractivity (Wildman–Crippen MR) is 61.8 cm³/mol. The van der Waals surface area contributed by atoms with Crippen LogP contribution in [-0.2, 0) is 4.79 Å². The molecule has 1 N–H and O–H groups in total. The van der Waals surface area contributed by atoms with Crippen molar-refractivity contribution in [2.24, 2.45) is 0 Å². The Balaban J connectivity index is 0.00000196. The lowest BCUT2D eigenvalue weighted by atomic mass is 10.3. The smallest absolute Gasteiger partial charge is 0.247 e. The number of nitrogens with one attached hydrogen (secondary N) is 1. The van der Waals surface area contributed by atoms with Gasteiger partial charge >= 0.3 is 0 Å². The van der Waals surface area contributed by atoms with Crippen molar-refractivity contribution in [1.29, 1.82) is 0 Å². The second kappa shape index (κ2) is 6.24. The van der Waals surface area contributed by atoms with Crippen LogP contribution in [0.1, 0.15) is 26.4 Å². The topological polar surface area (TPSA) is 46.9 Å². The number of amides is 1. The van der Waals surface area contributed by atoms with Crippen LogP contribution >= 0.6 is 12.4 Å². The van der Waals surface area contributed by atoms with Crippen molar-refractivity contribution in [3.05, 3.63) is 30.9 Å². The summed E-state index contributed by atoms with van der Waals surface area (Å²) in [6.45, 7) is 7.28. The molecule has 1 atom stereocenters. The molecule has 0 aliphatic rings. The minimum absolute atomic E-state index is 0. The van der Waals surface area contributed by atoms with Crippen LogP contribution in [0.25, 0.3) is 0 Å². The van der Waals surface area contributed by atoms with Crippen LogP contribution in [0.5, 0.6) is 0 Å². The summed E-state index contributed by atoms with van der Waals surface area (Å²) in [6.07, 6.45) is 5.98. The summed E-state index contributed by atoms with van der Waals surface area (Å²) < 4.78 is 1.86. The van der Waals surface area contributed by atoms with E-state index in [-0.39, 0.29) is 24.5 Å². The molecule has 5 heteroatoms. The third-order valence-electron chi connectivity index (χ3n) is 1.96. The Kier molecular flexibility index (Phi) is 5.70. The minimum Gasteiger partial charge on any atom is -0.332 e. The zero-order chi connectivity index (χ0) is 10.6. The van der Waals surface area contributed by atoms with Gasteiger partial charge in [0.25, 0.3) is 0 Å². The summed E-state index contributed by atoms with van der Waals surface area (Å²) in [5.74, 6) is -0.120. The van der Waals surface area contributed by atoms with Crippen molar-refractivity contribution in [3.8, 4) is 0 Å². The second-order valence-corrected chi connectivity index (χ2v) is 3.19. The largest absolute Gasteiger partial charge is 0.332 e. The lowest BCUT2D eigenvalue weighted by Crippen LogP contribution is -2.31. The molecule has 1 aromatic heterocycles. The zero-order valence-electron chi connectivity index (χ0n) is 8.93. The van der Waals surface area contributed by atoms with Crippen LogP contribution in [0.3, 0.4) is 0 Å². The molecule has 1 aromatic rings. The number of hydrogen-bond acceptors (Lipinski definition) is 2. The SMILES string of the molecule is C=C(C)C(=O)NC(CC)n1ccnc1.Cl. The molecule has 0 aliphatic carbocycles. The first-order valence-electron chi connectivity index (χ1n) is 4.59. The fourth-order valence-corrected chi connectivity index (χ4v) is 1.12. The maximum atomic E-state index is 11.4. The Hall–Kier alpha value is -1.29. The first-order chi connectivity index (χ1) is 6.65. The van der Waals surface area contributed by atoms with Crippen LogP contribution in [0.15, 0.2) is 30.9 Å². The molecule has 1 amide bonds. The number of carbonyl (C=O) groups is 1. The number of hydrogen-bond donors (Lipinski definition) is 1. The van der Waals surface area contributed by atoms with E-state index in [1.807, 2.05) is 17.7 Å². The molecule has 0 fully saturated rings. The summed E-state index contributed by atoms with van der Waals surface area (Å²) in [4.78, 5) is 15.3. The molecule has 84 valence electrons. The van der Waals surface area contributed by atoms with E-state index in [9.17, 15) is 4.79 Å². The third kappa shape index (κ3) is 3.75. The highest BCUT2D eigenvalue weighted by molar-refractivity contribution is 5.92. The molecule has 0 saturated carbocycles. The van der Waals surface area contributed by atoms with E-state index >= 15 is 0 Å². The maximum absolute atomic E-state index is 11.4. The van der Waals surface area contributed by atoms with Crippen LogP contribution in [0.4, 0.5) is 0 Å².